The minimum absolute atomic E-state index is 0.00714. The number of hydrogen-bond donors (Lipinski definition) is 0. The zero-order valence-corrected chi connectivity index (χ0v) is 8.89. The van der Waals surface area contributed by atoms with Crippen LogP contribution < -0.4 is 0 Å². The Kier molecular flexibility index (Phi) is 5.99. The molecule has 2 heteroatoms. The molecule has 0 bridgehead atoms. The Hall–Kier alpha value is -1.01. The molecule has 0 aliphatic rings. The third kappa shape index (κ3) is 8.90. The van der Waals surface area contributed by atoms with E-state index in [1.54, 1.807) is 0 Å². The fourth-order valence-electron chi connectivity index (χ4n) is 0.937. The molecule has 13 heavy (non-hydrogen) atoms. The molecule has 0 rings (SSSR count). The SMILES string of the molecule is CC(=O)O[C@@H](C)CCC=C=C(C)C. The summed E-state index contributed by atoms with van der Waals surface area (Å²) in [7, 11) is 0. The topological polar surface area (TPSA) is 26.3 Å². The molecule has 0 spiro atoms. The zero-order chi connectivity index (χ0) is 10.3. The lowest BCUT2D eigenvalue weighted by molar-refractivity contribution is -0.145. The average Bonchev–Trinajstić information content (AvgIpc) is 1.96. The first-order valence-electron chi connectivity index (χ1n) is 4.58. The van der Waals surface area contributed by atoms with Gasteiger partial charge < -0.3 is 4.74 Å². The van der Waals surface area contributed by atoms with Crippen molar-refractivity contribution in [3.63, 3.8) is 0 Å². The van der Waals surface area contributed by atoms with E-state index < -0.39 is 0 Å². The second-order valence-electron chi connectivity index (χ2n) is 3.35. The molecule has 74 valence electrons. The molecule has 0 radical (unpaired) electrons. The number of rotatable bonds is 4. The fraction of sp³-hybridized carbons (Fsp3) is 0.636. The minimum atomic E-state index is -0.210. The van der Waals surface area contributed by atoms with Crippen LogP contribution in [0.1, 0.15) is 40.5 Å². The van der Waals surface area contributed by atoms with Gasteiger partial charge in [0.05, 0.1) is 6.10 Å². The smallest absolute Gasteiger partial charge is 0.302 e. The van der Waals surface area contributed by atoms with Crippen molar-refractivity contribution in [2.24, 2.45) is 0 Å². The Morgan fingerprint density at radius 2 is 2.08 bits per heavy atom. The molecule has 0 saturated heterocycles. The van der Waals surface area contributed by atoms with Gasteiger partial charge in [-0.25, -0.2) is 0 Å². The molecule has 0 aliphatic carbocycles. The predicted molar refractivity (Wildman–Crippen MR) is 53.4 cm³/mol. The van der Waals surface area contributed by atoms with Gasteiger partial charge in [-0.05, 0) is 45.3 Å². The second-order valence-corrected chi connectivity index (χ2v) is 3.35. The molecule has 0 aromatic rings. The van der Waals surface area contributed by atoms with Crippen molar-refractivity contribution in [1.29, 1.82) is 0 Å². The maximum absolute atomic E-state index is 10.5. The van der Waals surface area contributed by atoms with E-state index in [0.717, 1.165) is 12.8 Å². The van der Waals surface area contributed by atoms with Crippen molar-refractivity contribution in [3.05, 3.63) is 17.4 Å². The summed E-state index contributed by atoms with van der Waals surface area (Å²) in [5.41, 5.74) is 4.27. The van der Waals surface area contributed by atoms with Crippen molar-refractivity contribution in [3.8, 4) is 0 Å². The second kappa shape index (κ2) is 6.50. The van der Waals surface area contributed by atoms with Crippen LogP contribution in [0.2, 0.25) is 0 Å². The fourth-order valence-corrected chi connectivity index (χ4v) is 0.937. The first-order chi connectivity index (χ1) is 6.02. The molecule has 0 aromatic carbocycles. The van der Waals surface area contributed by atoms with Gasteiger partial charge in [-0.2, -0.15) is 0 Å². The standard InChI is InChI=1S/C11H18O2/c1-9(2)7-5-6-8-10(3)13-11(4)12/h5,10H,6,8H2,1-4H3/t10-/m0/s1. The van der Waals surface area contributed by atoms with Gasteiger partial charge in [-0.3, -0.25) is 4.79 Å². The molecule has 2 nitrogen and oxygen atoms in total. The normalized spacial score (nSPS) is 11.4. The van der Waals surface area contributed by atoms with Gasteiger partial charge in [0.1, 0.15) is 0 Å². The molecular formula is C11H18O2. The van der Waals surface area contributed by atoms with E-state index in [4.69, 9.17) is 4.74 Å². The number of esters is 1. The molecular weight excluding hydrogens is 164 g/mol. The molecule has 0 heterocycles. The summed E-state index contributed by atoms with van der Waals surface area (Å²) < 4.78 is 4.96. The highest BCUT2D eigenvalue weighted by molar-refractivity contribution is 5.66. The molecule has 0 fully saturated rings. The van der Waals surface area contributed by atoms with Crippen molar-refractivity contribution < 1.29 is 9.53 Å². The minimum Gasteiger partial charge on any atom is -0.463 e. The van der Waals surface area contributed by atoms with Crippen molar-refractivity contribution in [2.45, 2.75) is 46.6 Å². The lowest BCUT2D eigenvalue weighted by Crippen LogP contribution is -2.11. The summed E-state index contributed by atoms with van der Waals surface area (Å²) in [5.74, 6) is -0.210. The molecule has 0 unspecified atom stereocenters. The monoisotopic (exact) mass is 182 g/mol. The first-order valence-corrected chi connectivity index (χ1v) is 4.58. The highest BCUT2D eigenvalue weighted by atomic mass is 16.5. The van der Waals surface area contributed by atoms with E-state index in [1.165, 1.54) is 12.5 Å². The number of hydrogen-bond acceptors (Lipinski definition) is 2. The molecule has 1 atom stereocenters. The number of ether oxygens (including phenoxy) is 1. The van der Waals surface area contributed by atoms with E-state index in [1.807, 2.05) is 26.8 Å². The Balaban J connectivity index is 3.65. The van der Waals surface area contributed by atoms with Gasteiger partial charge in [-0.1, -0.05) is 0 Å². The maximum atomic E-state index is 10.5. The van der Waals surface area contributed by atoms with Gasteiger partial charge in [-0.15, -0.1) is 5.73 Å². The van der Waals surface area contributed by atoms with Crippen LogP contribution in [0.3, 0.4) is 0 Å². The third-order valence-electron chi connectivity index (χ3n) is 1.48. The highest BCUT2D eigenvalue weighted by Crippen LogP contribution is 2.02. The van der Waals surface area contributed by atoms with Crippen LogP contribution in [0.25, 0.3) is 0 Å². The van der Waals surface area contributed by atoms with Crippen LogP contribution in [0.5, 0.6) is 0 Å². The Labute approximate surface area is 80.3 Å². The van der Waals surface area contributed by atoms with Crippen LogP contribution in [0.4, 0.5) is 0 Å². The summed E-state index contributed by atoms with van der Waals surface area (Å²) in [6, 6.07) is 0. The van der Waals surface area contributed by atoms with E-state index >= 15 is 0 Å². The summed E-state index contributed by atoms with van der Waals surface area (Å²) >= 11 is 0. The number of allylic oxidation sites excluding steroid dienone is 1. The summed E-state index contributed by atoms with van der Waals surface area (Å²) in [6.07, 6.45) is 3.75. The number of carbonyl (C=O) groups is 1. The highest BCUT2D eigenvalue weighted by Gasteiger charge is 2.02. The Morgan fingerprint density at radius 3 is 2.54 bits per heavy atom. The average molecular weight is 182 g/mol. The zero-order valence-electron chi connectivity index (χ0n) is 8.89. The molecule has 0 N–H and O–H groups in total. The quantitative estimate of drug-likeness (QED) is 0.493. The van der Waals surface area contributed by atoms with Crippen LogP contribution in [-0.2, 0) is 9.53 Å². The van der Waals surface area contributed by atoms with Crippen molar-refractivity contribution >= 4 is 5.97 Å². The van der Waals surface area contributed by atoms with E-state index in [9.17, 15) is 4.79 Å². The lowest BCUT2D eigenvalue weighted by atomic mass is 10.2. The van der Waals surface area contributed by atoms with Gasteiger partial charge in [0.25, 0.3) is 0 Å². The summed E-state index contributed by atoms with van der Waals surface area (Å²) in [5, 5.41) is 0. The van der Waals surface area contributed by atoms with Gasteiger partial charge in [0.2, 0.25) is 0 Å². The summed E-state index contributed by atoms with van der Waals surface area (Å²) in [6.45, 7) is 7.35. The molecule has 0 aromatic heterocycles. The molecule has 0 saturated carbocycles. The Bertz CT molecular complexity index is 218. The van der Waals surface area contributed by atoms with Gasteiger partial charge in [0, 0.05) is 6.92 Å². The molecule has 0 aliphatic heterocycles. The maximum Gasteiger partial charge on any atom is 0.302 e. The van der Waals surface area contributed by atoms with Gasteiger partial charge in [0.15, 0.2) is 0 Å². The van der Waals surface area contributed by atoms with Gasteiger partial charge >= 0.3 is 5.97 Å². The lowest BCUT2D eigenvalue weighted by Gasteiger charge is -2.09. The van der Waals surface area contributed by atoms with Crippen LogP contribution in [0, 0.1) is 0 Å². The van der Waals surface area contributed by atoms with Crippen molar-refractivity contribution in [1.82, 2.24) is 0 Å². The summed E-state index contributed by atoms with van der Waals surface area (Å²) in [4.78, 5) is 10.5. The van der Waals surface area contributed by atoms with E-state index in [0.29, 0.717) is 0 Å². The van der Waals surface area contributed by atoms with Crippen LogP contribution in [0.15, 0.2) is 17.4 Å². The predicted octanol–water partition coefficient (Wildman–Crippen LogP) is 2.84. The number of carbonyl (C=O) groups excluding carboxylic acids is 1. The molecule has 0 amide bonds. The van der Waals surface area contributed by atoms with Crippen LogP contribution >= 0.6 is 0 Å². The van der Waals surface area contributed by atoms with E-state index in [-0.39, 0.29) is 12.1 Å². The Morgan fingerprint density at radius 1 is 1.46 bits per heavy atom. The van der Waals surface area contributed by atoms with Crippen molar-refractivity contribution in [2.75, 3.05) is 0 Å². The van der Waals surface area contributed by atoms with E-state index in [2.05, 4.69) is 5.73 Å². The third-order valence-corrected chi connectivity index (χ3v) is 1.48. The largest absolute Gasteiger partial charge is 0.463 e. The van der Waals surface area contributed by atoms with Crippen LogP contribution in [-0.4, -0.2) is 12.1 Å². The first kappa shape index (κ1) is 12.0.